The number of aliphatic hydroxyl groups is 2. The molecule has 0 saturated carbocycles. The minimum Gasteiger partial charge on any atom is -0.387 e. The third-order valence-electron chi connectivity index (χ3n) is 5.65. The second-order valence-corrected chi connectivity index (χ2v) is 9.85. The van der Waals surface area contributed by atoms with Crippen LogP contribution in [0.25, 0.3) is 11.2 Å². The SMILES string of the molecule is CCC(C)OP(=O)(O)C(F)=CC1OC(n2cnc3c(NC(=O)c4ccccc4)ncnc32)C(O)C1O. The summed E-state index contributed by atoms with van der Waals surface area (Å²) in [6.45, 7) is 3.22. The number of fused-ring (bicyclic) bond motifs is 1. The molecule has 1 fully saturated rings. The van der Waals surface area contributed by atoms with Gasteiger partial charge >= 0.3 is 7.60 Å². The first-order chi connectivity index (χ1) is 17.1. The molecule has 1 aliphatic heterocycles. The van der Waals surface area contributed by atoms with Crippen molar-refractivity contribution in [1.29, 1.82) is 0 Å². The quantitative estimate of drug-likeness (QED) is 0.323. The van der Waals surface area contributed by atoms with Gasteiger partial charge in [-0.1, -0.05) is 25.1 Å². The standard InChI is InChI=1S/C22H25FN5O7P/c1-3-12(2)35-36(32,33)15(23)9-14-17(29)18(30)22(34-14)28-11-26-16-19(24-10-25-20(16)28)27-21(31)13-7-5-4-6-8-13/h4-12,14,17-18,22,29-30H,3H2,1-2H3,(H,32,33)(H,24,25,27,31). The Balaban J connectivity index is 1.57. The molecule has 3 heterocycles. The molecule has 2 aromatic heterocycles. The predicted molar refractivity (Wildman–Crippen MR) is 125 cm³/mol. The number of carbonyl (C=O) groups is 1. The molecule has 0 radical (unpaired) electrons. The minimum atomic E-state index is -4.78. The summed E-state index contributed by atoms with van der Waals surface area (Å²) in [4.78, 5) is 34.8. The van der Waals surface area contributed by atoms with Crippen LogP contribution in [0.15, 0.2) is 54.6 Å². The fraction of sp³-hybridized carbons (Fsp3) is 0.364. The van der Waals surface area contributed by atoms with Crippen LogP contribution in [0.2, 0.25) is 0 Å². The van der Waals surface area contributed by atoms with Gasteiger partial charge in [0.05, 0.1) is 12.4 Å². The smallest absolute Gasteiger partial charge is 0.386 e. The van der Waals surface area contributed by atoms with Crippen molar-refractivity contribution in [2.24, 2.45) is 0 Å². The third kappa shape index (κ3) is 5.21. The van der Waals surface area contributed by atoms with Gasteiger partial charge in [-0.15, -0.1) is 0 Å². The number of aromatic nitrogens is 4. The fourth-order valence-corrected chi connectivity index (χ4v) is 4.62. The molecule has 4 rings (SSSR count). The Bertz CT molecular complexity index is 1320. The monoisotopic (exact) mass is 521 g/mol. The molecule has 4 N–H and O–H groups in total. The van der Waals surface area contributed by atoms with Crippen LogP contribution in [-0.4, -0.2) is 64.9 Å². The lowest BCUT2D eigenvalue weighted by molar-refractivity contribution is -0.0247. The van der Waals surface area contributed by atoms with Crippen LogP contribution in [-0.2, 0) is 13.8 Å². The molecule has 1 aliphatic rings. The molecule has 14 heteroatoms. The van der Waals surface area contributed by atoms with E-state index in [9.17, 15) is 28.9 Å². The number of rotatable bonds is 8. The van der Waals surface area contributed by atoms with Gasteiger partial charge in [0.25, 0.3) is 5.91 Å². The maximum absolute atomic E-state index is 14.5. The molecule has 192 valence electrons. The van der Waals surface area contributed by atoms with Crippen molar-refractivity contribution in [3.8, 4) is 0 Å². The first-order valence-corrected chi connectivity index (χ1v) is 12.6. The molecule has 0 spiro atoms. The Labute approximate surface area is 205 Å². The Morgan fingerprint density at radius 1 is 1.28 bits per heavy atom. The lowest BCUT2D eigenvalue weighted by Crippen LogP contribution is -2.30. The third-order valence-corrected chi connectivity index (χ3v) is 6.98. The highest BCUT2D eigenvalue weighted by atomic mass is 31.2. The van der Waals surface area contributed by atoms with Crippen molar-refractivity contribution in [3.05, 3.63) is 60.2 Å². The Kier molecular flexibility index (Phi) is 7.59. The second-order valence-electron chi connectivity index (χ2n) is 8.17. The molecular weight excluding hydrogens is 496 g/mol. The highest BCUT2D eigenvalue weighted by Gasteiger charge is 2.45. The molecule has 1 aromatic carbocycles. The molecule has 0 aliphatic carbocycles. The van der Waals surface area contributed by atoms with Gasteiger partial charge in [-0.3, -0.25) is 13.9 Å². The maximum Gasteiger partial charge on any atom is 0.386 e. The predicted octanol–water partition coefficient (Wildman–Crippen LogP) is 2.51. The number of anilines is 1. The normalized spacial score (nSPS) is 25.0. The van der Waals surface area contributed by atoms with Gasteiger partial charge in [0.15, 0.2) is 23.2 Å². The van der Waals surface area contributed by atoms with Crippen LogP contribution in [0, 0.1) is 0 Å². The van der Waals surface area contributed by atoms with Crippen LogP contribution in [0.4, 0.5) is 10.2 Å². The molecule has 6 atom stereocenters. The van der Waals surface area contributed by atoms with Crippen LogP contribution >= 0.6 is 7.60 Å². The van der Waals surface area contributed by atoms with Gasteiger partial charge in [0.2, 0.25) is 5.57 Å². The van der Waals surface area contributed by atoms with E-state index in [-0.39, 0.29) is 17.0 Å². The van der Waals surface area contributed by atoms with E-state index in [1.54, 1.807) is 37.3 Å². The van der Waals surface area contributed by atoms with E-state index in [1.807, 2.05) is 0 Å². The van der Waals surface area contributed by atoms with Crippen molar-refractivity contribution < 1.29 is 38.1 Å². The molecule has 36 heavy (non-hydrogen) atoms. The van der Waals surface area contributed by atoms with E-state index in [1.165, 1.54) is 24.1 Å². The second kappa shape index (κ2) is 10.5. The lowest BCUT2D eigenvalue weighted by atomic mass is 10.1. The largest absolute Gasteiger partial charge is 0.387 e. The van der Waals surface area contributed by atoms with Gasteiger partial charge in [-0.2, -0.15) is 4.39 Å². The van der Waals surface area contributed by atoms with Crippen molar-refractivity contribution in [3.63, 3.8) is 0 Å². The minimum absolute atomic E-state index is 0.103. The number of nitrogens with one attached hydrogen (secondary N) is 1. The molecule has 0 bridgehead atoms. The summed E-state index contributed by atoms with van der Waals surface area (Å²) in [5, 5.41) is 23.6. The number of halogens is 1. The number of ether oxygens (including phenoxy) is 1. The number of carbonyl (C=O) groups excluding carboxylic acids is 1. The summed E-state index contributed by atoms with van der Waals surface area (Å²) in [5.74, 6) is -0.321. The Morgan fingerprint density at radius 2 is 2.00 bits per heavy atom. The average Bonchev–Trinajstić information content (AvgIpc) is 3.41. The van der Waals surface area contributed by atoms with E-state index in [0.29, 0.717) is 18.1 Å². The van der Waals surface area contributed by atoms with Gasteiger partial charge in [0.1, 0.15) is 24.6 Å². The number of amides is 1. The highest BCUT2D eigenvalue weighted by Crippen LogP contribution is 2.53. The van der Waals surface area contributed by atoms with Crippen LogP contribution in [0.1, 0.15) is 36.9 Å². The number of imidazole rings is 1. The van der Waals surface area contributed by atoms with Gasteiger partial charge in [-0.05, 0) is 31.6 Å². The topological polar surface area (TPSA) is 169 Å². The Hall–Kier alpha value is -3.06. The molecule has 1 amide bonds. The molecule has 3 aromatic rings. The zero-order valence-electron chi connectivity index (χ0n) is 19.3. The van der Waals surface area contributed by atoms with Crippen molar-refractivity contribution >= 4 is 30.5 Å². The summed E-state index contributed by atoms with van der Waals surface area (Å²) in [5.41, 5.74) is -0.776. The zero-order valence-corrected chi connectivity index (χ0v) is 20.2. The van der Waals surface area contributed by atoms with Gasteiger partial charge in [0, 0.05) is 5.56 Å². The highest BCUT2D eigenvalue weighted by molar-refractivity contribution is 7.57. The lowest BCUT2D eigenvalue weighted by Gasteiger charge is -2.17. The first-order valence-electron chi connectivity index (χ1n) is 11.1. The summed E-state index contributed by atoms with van der Waals surface area (Å²) in [6.07, 6.45) is -3.22. The van der Waals surface area contributed by atoms with Crippen molar-refractivity contribution in [1.82, 2.24) is 19.5 Å². The molecule has 6 unspecified atom stereocenters. The number of benzene rings is 1. The number of hydrogen-bond acceptors (Lipinski definition) is 9. The number of hydrogen-bond donors (Lipinski definition) is 4. The van der Waals surface area contributed by atoms with Crippen LogP contribution in [0.5, 0.6) is 0 Å². The summed E-state index contributed by atoms with van der Waals surface area (Å²) in [7, 11) is -4.78. The molecule has 12 nitrogen and oxygen atoms in total. The number of aliphatic hydroxyl groups excluding tert-OH is 2. The summed E-state index contributed by atoms with van der Waals surface area (Å²) in [6, 6.07) is 8.45. The Morgan fingerprint density at radius 3 is 2.69 bits per heavy atom. The van der Waals surface area contributed by atoms with Gasteiger partial charge in [-0.25, -0.2) is 15.0 Å². The zero-order chi connectivity index (χ0) is 26.0. The van der Waals surface area contributed by atoms with Gasteiger partial charge < -0.3 is 29.7 Å². The van der Waals surface area contributed by atoms with E-state index >= 15 is 0 Å². The summed E-state index contributed by atoms with van der Waals surface area (Å²) >= 11 is 0. The van der Waals surface area contributed by atoms with E-state index in [4.69, 9.17) is 9.26 Å². The first kappa shape index (κ1) is 26.0. The van der Waals surface area contributed by atoms with Crippen LogP contribution in [0.3, 0.4) is 0 Å². The van der Waals surface area contributed by atoms with E-state index < -0.39 is 49.7 Å². The maximum atomic E-state index is 14.5. The number of nitrogens with zero attached hydrogens (tertiary/aromatic N) is 4. The molecular formula is C22H25FN5O7P. The van der Waals surface area contributed by atoms with E-state index in [2.05, 4.69) is 20.3 Å². The summed E-state index contributed by atoms with van der Waals surface area (Å²) < 4.78 is 38.5. The molecule has 1 saturated heterocycles. The van der Waals surface area contributed by atoms with Crippen LogP contribution < -0.4 is 5.32 Å². The van der Waals surface area contributed by atoms with Crippen molar-refractivity contribution in [2.45, 2.75) is 50.9 Å². The average molecular weight is 521 g/mol. The van der Waals surface area contributed by atoms with E-state index in [0.717, 1.165) is 0 Å². The fourth-order valence-electron chi connectivity index (χ4n) is 3.55. The van der Waals surface area contributed by atoms with Crippen molar-refractivity contribution in [2.75, 3.05) is 5.32 Å².